The Labute approximate surface area is 78.6 Å². The van der Waals surface area contributed by atoms with Gasteiger partial charge < -0.3 is 5.32 Å². The van der Waals surface area contributed by atoms with Crippen LogP contribution >= 0.6 is 0 Å². The first-order chi connectivity index (χ1) is 6.35. The minimum absolute atomic E-state index is 0.702. The zero-order valence-corrected chi connectivity index (χ0v) is 8.17. The van der Waals surface area contributed by atoms with Gasteiger partial charge in [0.2, 0.25) is 0 Å². The van der Waals surface area contributed by atoms with Crippen LogP contribution in [0.1, 0.15) is 36.9 Å². The molecule has 0 aliphatic heterocycles. The minimum Gasteiger partial charge on any atom is -0.372 e. The maximum Gasteiger partial charge on any atom is 0.148 e. The predicted molar refractivity (Wildman–Crippen MR) is 52.9 cm³/mol. The summed E-state index contributed by atoms with van der Waals surface area (Å²) in [7, 11) is 1.88. The molecule has 1 heterocycles. The van der Waals surface area contributed by atoms with Crippen LogP contribution in [0.5, 0.6) is 0 Å². The average Bonchev–Trinajstić information content (AvgIpc) is 3.00. The van der Waals surface area contributed by atoms with Crippen LogP contribution in [0.2, 0.25) is 0 Å². The van der Waals surface area contributed by atoms with Crippen molar-refractivity contribution in [2.24, 2.45) is 0 Å². The lowest BCUT2D eigenvalue weighted by atomic mass is 10.1. The number of aryl methyl sites for hydroxylation is 1. The molecular weight excluding hydrogens is 162 g/mol. The van der Waals surface area contributed by atoms with E-state index in [0.29, 0.717) is 5.92 Å². The number of nitrogens with one attached hydrogen (secondary N) is 1. The Morgan fingerprint density at radius 2 is 2.23 bits per heavy atom. The van der Waals surface area contributed by atoms with E-state index in [0.717, 1.165) is 12.2 Å². The summed E-state index contributed by atoms with van der Waals surface area (Å²) in [5, 5.41) is 11.4. The monoisotopic (exact) mass is 177 g/mol. The van der Waals surface area contributed by atoms with Gasteiger partial charge in [-0.25, -0.2) is 0 Å². The Kier molecular flexibility index (Phi) is 2.17. The summed E-state index contributed by atoms with van der Waals surface area (Å²) in [6.07, 6.45) is 3.64. The van der Waals surface area contributed by atoms with Crippen LogP contribution in [0.4, 0.5) is 5.82 Å². The van der Waals surface area contributed by atoms with Gasteiger partial charge >= 0.3 is 0 Å². The molecule has 3 nitrogen and oxygen atoms in total. The van der Waals surface area contributed by atoms with Gasteiger partial charge in [0.1, 0.15) is 5.82 Å². The zero-order chi connectivity index (χ0) is 9.26. The average molecular weight is 177 g/mol. The van der Waals surface area contributed by atoms with Crippen LogP contribution in [0.3, 0.4) is 0 Å². The van der Waals surface area contributed by atoms with Crippen LogP contribution in [-0.4, -0.2) is 17.2 Å². The highest BCUT2D eigenvalue weighted by molar-refractivity contribution is 5.39. The van der Waals surface area contributed by atoms with Gasteiger partial charge in [0.25, 0.3) is 0 Å². The second-order valence-corrected chi connectivity index (χ2v) is 3.52. The summed E-state index contributed by atoms with van der Waals surface area (Å²) >= 11 is 0. The van der Waals surface area contributed by atoms with E-state index in [1.807, 2.05) is 7.05 Å². The molecule has 3 heteroatoms. The highest BCUT2D eigenvalue weighted by atomic mass is 15.2. The van der Waals surface area contributed by atoms with Gasteiger partial charge in [0.05, 0.1) is 5.69 Å². The standard InChI is InChI=1S/C10H15N3/c1-3-7-6-9(11-2)12-13-10(7)8-4-5-8/h6,8H,3-5H2,1-2H3,(H,11,12). The molecule has 1 N–H and O–H groups in total. The lowest BCUT2D eigenvalue weighted by Crippen LogP contribution is -2.01. The first-order valence-electron chi connectivity index (χ1n) is 4.89. The number of nitrogens with zero attached hydrogens (tertiary/aromatic N) is 2. The molecule has 0 atom stereocenters. The molecule has 0 spiro atoms. The third-order valence-electron chi connectivity index (χ3n) is 2.51. The maximum absolute atomic E-state index is 4.27. The van der Waals surface area contributed by atoms with Gasteiger partial charge in [-0.1, -0.05) is 6.92 Å². The summed E-state index contributed by atoms with van der Waals surface area (Å²) in [4.78, 5) is 0. The number of hydrogen-bond donors (Lipinski definition) is 1. The number of rotatable bonds is 3. The third-order valence-corrected chi connectivity index (χ3v) is 2.51. The van der Waals surface area contributed by atoms with Gasteiger partial charge in [-0.15, -0.1) is 5.10 Å². The fourth-order valence-corrected chi connectivity index (χ4v) is 1.55. The van der Waals surface area contributed by atoms with Gasteiger partial charge in [0, 0.05) is 13.0 Å². The van der Waals surface area contributed by atoms with E-state index in [-0.39, 0.29) is 0 Å². The van der Waals surface area contributed by atoms with Gasteiger partial charge in [-0.3, -0.25) is 0 Å². The first kappa shape index (κ1) is 8.48. The van der Waals surface area contributed by atoms with Crippen molar-refractivity contribution in [1.29, 1.82) is 0 Å². The molecule has 0 bridgehead atoms. The molecule has 1 aliphatic carbocycles. The van der Waals surface area contributed by atoms with Crippen molar-refractivity contribution < 1.29 is 0 Å². The van der Waals surface area contributed by atoms with Crippen molar-refractivity contribution in [1.82, 2.24) is 10.2 Å². The minimum atomic E-state index is 0.702. The second-order valence-electron chi connectivity index (χ2n) is 3.52. The molecule has 0 radical (unpaired) electrons. The van der Waals surface area contributed by atoms with Gasteiger partial charge in [-0.05, 0) is 30.9 Å². The largest absolute Gasteiger partial charge is 0.372 e. The maximum atomic E-state index is 4.27. The van der Waals surface area contributed by atoms with E-state index < -0.39 is 0 Å². The molecule has 1 aromatic rings. The molecule has 70 valence electrons. The van der Waals surface area contributed by atoms with E-state index in [1.54, 1.807) is 0 Å². The SMILES string of the molecule is CCc1cc(NC)nnc1C1CC1. The summed E-state index contributed by atoms with van der Waals surface area (Å²) < 4.78 is 0. The van der Waals surface area contributed by atoms with Gasteiger partial charge in [-0.2, -0.15) is 5.10 Å². The Balaban J connectivity index is 2.33. The molecule has 1 fully saturated rings. The van der Waals surface area contributed by atoms with Crippen molar-refractivity contribution in [3.05, 3.63) is 17.3 Å². The smallest absolute Gasteiger partial charge is 0.148 e. The van der Waals surface area contributed by atoms with Crippen LogP contribution < -0.4 is 5.32 Å². The van der Waals surface area contributed by atoms with Crippen molar-refractivity contribution in [3.63, 3.8) is 0 Å². The second kappa shape index (κ2) is 3.32. The molecule has 13 heavy (non-hydrogen) atoms. The fourth-order valence-electron chi connectivity index (χ4n) is 1.55. The Bertz CT molecular complexity index is 305. The topological polar surface area (TPSA) is 37.8 Å². The molecule has 1 aliphatic rings. The fraction of sp³-hybridized carbons (Fsp3) is 0.600. The van der Waals surface area contributed by atoms with E-state index in [2.05, 4.69) is 28.5 Å². The number of aromatic nitrogens is 2. The highest BCUT2D eigenvalue weighted by Gasteiger charge is 2.27. The Morgan fingerprint density at radius 1 is 1.46 bits per heavy atom. The molecule has 2 rings (SSSR count). The van der Waals surface area contributed by atoms with Crippen molar-refractivity contribution >= 4 is 5.82 Å². The molecule has 0 amide bonds. The van der Waals surface area contributed by atoms with Crippen molar-refractivity contribution in [2.75, 3.05) is 12.4 Å². The van der Waals surface area contributed by atoms with Crippen LogP contribution in [-0.2, 0) is 6.42 Å². The van der Waals surface area contributed by atoms with Crippen LogP contribution in [0.15, 0.2) is 6.07 Å². The first-order valence-corrected chi connectivity index (χ1v) is 4.89. The summed E-state index contributed by atoms with van der Waals surface area (Å²) in [6.45, 7) is 2.17. The lowest BCUT2D eigenvalue weighted by molar-refractivity contribution is 0.873. The van der Waals surface area contributed by atoms with Crippen molar-refractivity contribution in [2.45, 2.75) is 32.1 Å². The molecule has 0 saturated heterocycles. The van der Waals surface area contributed by atoms with E-state index in [9.17, 15) is 0 Å². The molecular formula is C10H15N3. The zero-order valence-electron chi connectivity index (χ0n) is 8.17. The van der Waals surface area contributed by atoms with Crippen LogP contribution in [0, 0.1) is 0 Å². The van der Waals surface area contributed by atoms with Crippen molar-refractivity contribution in [3.8, 4) is 0 Å². The van der Waals surface area contributed by atoms with Crippen LogP contribution in [0.25, 0.3) is 0 Å². The van der Waals surface area contributed by atoms with E-state index in [1.165, 1.54) is 24.1 Å². The highest BCUT2D eigenvalue weighted by Crippen LogP contribution is 2.40. The Morgan fingerprint density at radius 3 is 2.77 bits per heavy atom. The normalized spacial score (nSPS) is 15.8. The van der Waals surface area contributed by atoms with E-state index >= 15 is 0 Å². The third kappa shape index (κ3) is 1.64. The molecule has 0 unspecified atom stereocenters. The lowest BCUT2D eigenvalue weighted by Gasteiger charge is -2.06. The quantitative estimate of drug-likeness (QED) is 0.767. The molecule has 1 saturated carbocycles. The summed E-state index contributed by atoms with van der Waals surface area (Å²) in [5.74, 6) is 1.58. The van der Waals surface area contributed by atoms with E-state index in [4.69, 9.17) is 0 Å². The Hall–Kier alpha value is -1.12. The summed E-state index contributed by atoms with van der Waals surface area (Å²) in [5.41, 5.74) is 2.57. The molecule has 0 aromatic carbocycles. The predicted octanol–water partition coefficient (Wildman–Crippen LogP) is 1.96. The number of hydrogen-bond acceptors (Lipinski definition) is 3. The van der Waals surface area contributed by atoms with Gasteiger partial charge in [0.15, 0.2) is 0 Å². The molecule has 1 aromatic heterocycles. The summed E-state index contributed by atoms with van der Waals surface area (Å²) in [6, 6.07) is 2.11. The number of anilines is 1.